The highest BCUT2D eigenvalue weighted by Crippen LogP contribution is 2.30. The van der Waals surface area contributed by atoms with Crippen molar-refractivity contribution in [2.45, 2.75) is 44.6 Å². The molecule has 2 rings (SSSR count). The highest BCUT2D eigenvalue weighted by atomic mass is 35.5. The number of rotatable bonds is 6. The minimum Gasteiger partial charge on any atom is -0.315 e. The number of hydrogen-bond acceptors (Lipinski definition) is 5. The second-order valence-corrected chi connectivity index (χ2v) is 7.76. The van der Waals surface area contributed by atoms with Crippen molar-refractivity contribution in [2.24, 2.45) is 0 Å². The first-order valence-electron chi connectivity index (χ1n) is 7.77. The van der Waals surface area contributed by atoms with Crippen LogP contribution in [-0.4, -0.2) is 43.3 Å². The monoisotopic (exact) mass is 377 g/mol. The Balaban J connectivity index is 0.00000288. The van der Waals surface area contributed by atoms with Gasteiger partial charge in [0, 0.05) is 31.3 Å². The molecule has 1 N–H and O–H groups in total. The van der Waals surface area contributed by atoms with E-state index in [1.165, 1.54) is 12.1 Å². The second kappa shape index (κ2) is 8.24. The summed E-state index contributed by atoms with van der Waals surface area (Å²) in [5, 5.41) is 14.1. The normalized spacial score (nSPS) is 17.8. The fourth-order valence-corrected chi connectivity index (χ4v) is 5.32. The zero-order chi connectivity index (χ0) is 17.2. The molecule has 0 saturated carbocycles. The molecule has 0 radical (unpaired) electrons. The molecule has 7 nitrogen and oxygen atoms in total. The summed E-state index contributed by atoms with van der Waals surface area (Å²) in [6.07, 6.45) is 1.51. The lowest BCUT2D eigenvalue weighted by molar-refractivity contribution is -0.385. The molecule has 1 saturated heterocycles. The Labute approximate surface area is 149 Å². The number of halogens is 1. The highest BCUT2D eigenvalue weighted by Gasteiger charge is 2.35. The van der Waals surface area contributed by atoms with Gasteiger partial charge in [-0.1, -0.05) is 6.92 Å². The maximum Gasteiger partial charge on any atom is 0.270 e. The summed E-state index contributed by atoms with van der Waals surface area (Å²) in [7, 11) is -3.68. The van der Waals surface area contributed by atoms with Gasteiger partial charge in [0.25, 0.3) is 5.69 Å². The van der Waals surface area contributed by atoms with Crippen LogP contribution in [0.2, 0.25) is 0 Å². The zero-order valence-corrected chi connectivity index (χ0v) is 15.7. The molecule has 1 heterocycles. The Morgan fingerprint density at radius 3 is 2.33 bits per heavy atom. The third kappa shape index (κ3) is 4.05. The molecule has 0 amide bonds. The fourth-order valence-electron chi connectivity index (χ4n) is 3.16. The predicted molar refractivity (Wildman–Crippen MR) is 95.3 cm³/mol. The van der Waals surface area contributed by atoms with E-state index in [4.69, 9.17) is 0 Å². The smallest absolute Gasteiger partial charge is 0.270 e. The van der Waals surface area contributed by atoms with Crippen LogP contribution in [0.25, 0.3) is 0 Å². The van der Waals surface area contributed by atoms with Crippen LogP contribution in [0.3, 0.4) is 0 Å². The first kappa shape index (κ1) is 20.8. The van der Waals surface area contributed by atoms with Gasteiger partial charge in [0.2, 0.25) is 10.0 Å². The van der Waals surface area contributed by atoms with Crippen LogP contribution >= 0.6 is 12.4 Å². The highest BCUT2D eigenvalue weighted by molar-refractivity contribution is 7.89. The number of aryl methyl sites for hydroxylation is 2. The molecular weight excluding hydrogens is 354 g/mol. The minimum absolute atomic E-state index is 0. The number of hydrogen-bond donors (Lipinski definition) is 1. The molecule has 136 valence electrons. The van der Waals surface area contributed by atoms with Gasteiger partial charge in [0.1, 0.15) is 0 Å². The van der Waals surface area contributed by atoms with Crippen LogP contribution in [0, 0.1) is 24.0 Å². The molecule has 0 bridgehead atoms. The standard InChI is InChI=1S/C15H23N3O4S.ClH/c1-4-7-17(13-5-6-16-10-13)23(21,22)15-11(2)8-14(18(19)20)9-12(15)3;/h8-9,13,16H,4-7,10H2,1-3H3;1H. The van der Waals surface area contributed by atoms with Crippen molar-refractivity contribution in [1.29, 1.82) is 0 Å². The zero-order valence-electron chi connectivity index (χ0n) is 14.1. The van der Waals surface area contributed by atoms with Gasteiger partial charge in [-0.15, -0.1) is 12.4 Å². The van der Waals surface area contributed by atoms with Gasteiger partial charge in [-0.3, -0.25) is 10.1 Å². The van der Waals surface area contributed by atoms with E-state index >= 15 is 0 Å². The summed E-state index contributed by atoms with van der Waals surface area (Å²) < 4.78 is 27.9. The Kier molecular flexibility index (Phi) is 7.15. The summed E-state index contributed by atoms with van der Waals surface area (Å²) in [6, 6.07) is 2.60. The number of sulfonamides is 1. The summed E-state index contributed by atoms with van der Waals surface area (Å²) in [6.45, 7) is 7.07. The largest absolute Gasteiger partial charge is 0.315 e. The summed E-state index contributed by atoms with van der Waals surface area (Å²) in [5.74, 6) is 0. The van der Waals surface area contributed by atoms with Crippen LogP contribution in [0.15, 0.2) is 17.0 Å². The lowest BCUT2D eigenvalue weighted by Gasteiger charge is -2.28. The average Bonchev–Trinajstić information content (AvgIpc) is 2.96. The number of benzene rings is 1. The van der Waals surface area contributed by atoms with Crippen LogP contribution in [-0.2, 0) is 10.0 Å². The van der Waals surface area contributed by atoms with Crippen molar-refractivity contribution in [1.82, 2.24) is 9.62 Å². The number of non-ortho nitro benzene ring substituents is 1. The van der Waals surface area contributed by atoms with E-state index in [-0.39, 0.29) is 29.0 Å². The number of nitro groups is 1. The van der Waals surface area contributed by atoms with Crippen molar-refractivity contribution < 1.29 is 13.3 Å². The molecule has 1 aromatic rings. The van der Waals surface area contributed by atoms with E-state index in [1.54, 1.807) is 18.2 Å². The summed E-state index contributed by atoms with van der Waals surface area (Å²) in [5.41, 5.74) is 0.760. The molecule has 0 spiro atoms. The van der Waals surface area contributed by atoms with Crippen LogP contribution in [0.4, 0.5) is 5.69 Å². The molecule has 1 aromatic carbocycles. The van der Waals surface area contributed by atoms with Gasteiger partial charge in [-0.05, 0) is 44.4 Å². The number of nitrogens with zero attached hydrogens (tertiary/aromatic N) is 2. The molecule has 0 aromatic heterocycles. The average molecular weight is 378 g/mol. The molecule has 1 fully saturated rings. The summed E-state index contributed by atoms with van der Waals surface area (Å²) in [4.78, 5) is 10.6. The molecule has 1 atom stereocenters. The quantitative estimate of drug-likeness (QED) is 0.607. The lowest BCUT2D eigenvalue weighted by atomic mass is 10.1. The Hall–Kier alpha value is -1.22. The molecule has 0 aliphatic carbocycles. The fraction of sp³-hybridized carbons (Fsp3) is 0.600. The molecule has 1 unspecified atom stereocenters. The van der Waals surface area contributed by atoms with Crippen LogP contribution in [0.1, 0.15) is 30.9 Å². The third-order valence-electron chi connectivity index (χ3n) is 4.11. The van der Waals surface area contributed by atoms with E-state index in [2.05, 4.69) is 5.32 Å². The molecule has 1 aliphatic rings. The molecule has 24 heavy (non-hydrogen) atoms. The van der Waals surface area contributed by atoms with Crippen molar-refractivity contribution in [2.75, 3.05) is 19.6 Å². The van der Waals surface area contributed by atoms with E-state index in [9.17, 15) is 18.5 Å². The Morgan fingerprint density at radius 1 is 1.33 bits per heavy atom. The second-order valence-electron chi connectivity index (χ2n) is 5.93. The van der Waals surface area contributed by atoms with Crippen molar-refractivity contribution >= 4 is 28.1 Å². The third-order valence-corrected chi connectivity index (χ3v) is 6.37. The molecule has 9 heteroatoms. The topological polar surface area (TPSA) is 92.6 Å². The van der Waals surface area contributed by atoms with Crippen molar-refractivity contribution in [3.05, 3.63) is 33.4 Å². The first-order valence-corrected chi connectivity index (χ1v) is 9.21. The Morgan fingerprint density at radius 2 is 1.92 bits per heavy atom. The molecule has 1 aliphatic heterocycles. The van der Waals surface area contributed by atoms with E-state index in [0.717, 1.165) is 19.4 Å². The van der Waals surface area contributed by atoms with Crippen molar-refractivity contribution in [3.8, 4) is 0 Å². The minimum atomic E-state index is -3.68. The number of nitro benzene ring substituents is 1. The van der Waals surface area contributed by atoms with E-state index < -0.39 is 14.9 Å². The van der Waals surface area contributed by atoms with Crippen LogP contribution < -0.4 is 5.32 Å². The van der Waals surface area contributed by atoms with Gasteiger partial charge in [-0.2, -0.15) is 4.31 Å². The number of nitrogens with one attached hydrogen (secondary N) is 1. The lowest BCUT2D eigenvalue weighted by Crippen LogP contribution is -2.42. The van der Waals surface area contributed by atoms with E-state index in [0.29, 0.717) is 24.2 Å². The maximum atomic E-state index is 13.2. The van der Waals surface area contributed by atoms with Gasteiger partial charge in [-0.25, -0.2) is 8.42 Å². The predicted octanol–water partition coefficient (Wildman–Crippen LogP) is 2.40. The van der Waals surface area contributed by atoms with E-state index in [1.807, 2.05) is 6.92 Å². The maximum absolute atomic E-state index is 13.2. The SMILES string of the molecule is CCCN(C1CCNC1)S(=O)(=O)c1c(C)cc([N+](=O)[O-])cc1C.Cl. The van der Waals surface area contributed by atoms with Crippen molar-refractivity contribution in [3.63, 3.8) is 0 Å². The molecular formula is C15H24ClN3O4S. The first-order chi connectivity index (χ1) is 10.8. The van der Waals surface area contributed by atoms with Gasteiger partial charge in [0.15, 0.2) is 0 Å². The van der Waals surface area contributed by atoms with Gasteiger partial charge >= 0.3 is 0 Å². The summed E-state index contributed by atoms with van der Waals surface area (Å²) >= 11 is 0. The Bertz CT molecular complexity index is 680. The van der Waals surface area contributed by atoms with Gasteiger partial charge in [0.05, 0.1) is 9.82 Å². The van der Waals surface area contributed by atoms with Gasteiger partial charge < -0.3 is 5.32 Å². The van der Waals surface area contributed by atoms with Crippen LogP contribution in [0.5, 0.6) is 0 Å².